The summed E-state index contributed by atoms with van der Waals surface area (Å²) in [6, 6.07) is 3.57. The highest BCUT2D eigenvalue weighted by molar-refractivity contribution is 5.89. The van der Waals surface area contributed by atoms with Gasteiger partial charge in [0.2, 0.25) is 0 Å². The fraction of sp³-hybridized carbons (Fsp3) is 0.571. The minimum absolute atomic E-state index is 0.178. The molecule has 1 saturated carbocycles. The van der Waals surface area contributed by atoms with Gasteiger partial charge in [-0.05, 0) is 25.0 Å². The third-order valence-electron chi connectivity index (χ3n) is 3.45. The molecule has 0 radical (unpaired) electrons. The molecule has 1 aromatic heterocycles. The van der Waals surface area contributed by atoms with Crippen LogP contribution in [0.2, 0.25) is 0 Å². The average Bonchev–Trinajstić information content (AvgIpc) is 2.95. The van der Waals surface area contributed by atoms with Crippen molar-refractivity contribution >= 4 is 5.97 Å². The summed E-state index contributed by atoms with van der Waals surface area (Å²) in [7, 11) is 0. The molecule has 17 heavy (non-hydrogen) atoms. The van der Waals surface area contributed by atoms with Gasteiger partial charge >= 0.3 is 5.97 Å². The van der Waals surface area contributed by atoms with E-state index in [9.17, 15) is 9.90 Å². The lowest BCUT2D eigenvalue weighted by molar-refractivity contribution is 0.0693. The normalized spacial score (nSPS) is 17.9. The zero-order chi connectivity index (χ0) is 12.8. The Morgan fingerprint density at radius 2 is 1.94 bits per heavy atom. The van der Waals surface area contributed by atoms with Gasteiger partial charge in [-0.2, -0.15) is 0 Å². The fourth-order valence-electron chi connectivity index (χ4n) is 1.98. The Labute approximate surface area is 102 Å². The van der Waals surface area contributed by atoms with E-state index in [0.29, 0.717) is 11.3 Å². The molecule has 1 aliphatic rings. The Hall–Kier alpha value is -1.38. The molecule has 1 N–H and O–H groups in total. The van der Waals surface area contributed by atoms with Gasteiger partial charge < -0.3 is 5.11 Å². The van der Waals surface area contributed by atoms with E-state index < -0.39 is 5.97 Å². The van der Waals surface area contributed by atoms with E-state index in [4.69, 9.17) is 0 Å². The molecule has 1 fully saturated rings. The number of aromatic nitrogens is 1. The van der Waals surface area contributed by atoms with Crippen LogP contribution in [0.3, 0.4) is 0 Å². The third kappa shape index (κ3) is 2.19. The van der Waals surface area contributed by atoms with Crippen molar-refractivity contribution in [3.8, 4) is 0 Å². The Morgan fingerprint density at radius 1 is 1.35 bits per heavy atom. The molecule has 3 nitrogen and oxygen atoms in total. The maximum atomic E-state index is 11.2. The molecule has 1 heterocycles. The quantitative estimate of drug-likeness (QED) is 0.853. The first-order valence-corrected chi connectivity index (χ1v) is 5.99. The molecule has 0 amide bonds. The van der Waals surface area contributed by atoms with Crippen molar-refractivity contribution < 1.29 is 9.90 Å². The molecule has 0 aromatic carbocycles. The predicted molar refractivity (Wildman–Crippen MR) is 66.5 cm³/mol. The summed E-state index contributed by atoms with van der Waals surface area (Å²) in [5.41, 5.74) is 1.99. The van der Waals surface area contributed by atoms with Crippen LogP contribution in [-0.2, 0) is 10.8 Å². The molecule has 0 atom stereocenters. The van der Waals surface area contributed by atoms with Crippen molar-refractivity contribution in [2.24, 2.45) is 0 Å². The number of hydrogen-bond donors (Lipinski definition) is 1. The summed E-state index contributed by atoms with van der Waals surface area (Å²) in [6.45, 7) is 8.19. The lowest BCUT2D eigenvalue weighted by Gasteiger charge is -2.22. The van der Waals surface area contributed by atoms with E-state index in [-0.39, 0.29) is 10.8 Å². The summed E-state index contributed by atoms with van der Waals surface area (Å²) < 4.78 is 0. The van der Waals surface area contributed by atoms with E-state index >= 15 is 0 Å². The molecule has 1 aromatic rings. The van der Waals surface area contributed by atoms with Crippen LogP contribution in [0.5, 0.6) is 0 Å². The lowest BCUT2D eigenvalue weighted by Crippen LogP contribution is -2.21. The van der Waals surface area contributed by atoms with Crippen molar-refractivity contribution in [1.82, 2.24) is 4.98 Å². The number of carboxylic acids is 1. The highest BCUT2D eigenvalue weighted by atomic mass is 16.4. The Balaban J connectivity index is 2.54. The van der Waals surface area contributed by atoms with Crippen LogP contribution < -0.4 is 0 Å². The van der Waals surface area contributed by atoms with E-state index in [1.165, 1.54) is 0 Å². The molecule has 0 aliphatic heterocycles. The van der Waals surface area contributed by atoms with E-state index in [2.05, 4.69) is 11.9 Å². The van der Waals surface area contributed by atoms with Crippen LogP contribution in [0.1, 0.15) is 62.3 Å². The smallest absolute Gasteiger partial charge is 0.337 e. The van der Waals surface area contributed by atoms with Crippen LogP contribution >= 0.6 is 0 Å². The monoisotopic (exact) mass is 233 g/mol. The lowest BCUT2D eigenvalue weighted by atomic mass is 9.87. The second kappa shape index (κ2) is 3.56. The van der Waals surface area contributed by atoms with Gasteiger partial charge in [-0.25, -0.2) is 4.79 Å². The first kappa shape index (κ1) is 12.1. The summed E-state index contributed by atoms with van der Waals surface area (Å²) >= 11 is 0. The highest BCUT2D eigenvalue weighted by Gasteiger charge is 2.41. The van der Waals surface area contributed by atoms with E-state index in [1.807, 2.05) is 26.8 Å². The van der Waals surface area contributed by atoms with Gasteiger partial charge in [0.1, 0.15) is 0 Å². The summed E-state index contributed by atoms with van der Waals surface area (Å²) in [4.78, 5) is 15.8. The molecule has 3 heteroatoms. The van der Waals surface area contributed by atoms with E-state index in [1.54, 1.807) is 6.07 Å². The highest BCUT2D eigenvalue weighted by Crippen LogP contribution is 2.47. The molecular weight excluding hydrogens is 214 g/mol. The van der Waals surface area contributed by atoms with Crippen molar-refractivity contribution in [2.45, 2.75) is 51.4 Å². The zero-order valence-corrected chi connectivity index (χ0v) is 10.9. The standard InChI is InChI=1S/C14H19NO2/c1-13(2,3)11-9(12(16)17)5-6-10(15-11)14(4)7-8-14/h5-6H,7-8H2,1-4H3,(H,16,17). The maximum Gasteiger partial charge on any atom is 0.337 e. The average molecular weight is 233 g/mol. The van der Waals surface area contributed by atoms with Crippen LogP contribution in [0.15, 0.2) is 12.1 Å². The van der Waals surface area contributed by atoms with Gasteiger partial charge in [0.05, 0.1) is 11.3 Å². The maximum absolute atomic E-state index is 11.2. The van der Waals surface area contributed by atoms with Crippen LogP contribution in [0.4, 0.5) is 0 Å². The zero-order valence-electron chi connectivity index (χ0n) is 10.9. The van der Waals surface area contributed by atoms with Crippen LogP contribution in [0, 0.1) is 0 Å². The number of nitrogens with zero attached hydrogens (tertiary/aromatic N) is 1. The summed E-state index contributed by atoms with van der Waals surface area (Å²) in [6.07, 6.45) is 2.30. The van der Waals surface area contributed by atoms with Crippen molar-refractivity contribution in [3.05, 3.63) is 29.1 Å². The van der Waals surface area contributed by atoms with Crippen molar-refractivity contribution in [2.75, 3.05) is 0 Å². The molecule has 0 spiro atoms. The Kier molecular flexibility index (Phi) is 2.53. The molecule has 2 rings (SSSR count). The molecular formula is C14H19NO2. The van der Waals surface area contributed by atoms with Gasteiger partial charge in [0.25, 0.3) is 0 Å². The summed E-state index contributed by atoms with van der Waals surface area (Å²) in [5.74, 6) is -0.894. The molecule has 0 unspecified atom stereocenters. The first-order chi connectivity index (χ1) is 7.74. The predicted octanol–water partition coefficient (Wildman–Crippen LogP) is 3.13. The van der Waals surface area contributed by atoms with Crippen molar-refractivity contribution in [1.29, 1.82) is 0 Å². The number of carboxylic acid groups (broad SMARTS) is 1. The number of carbonyl (C=O) groups is 1. The second-order valence-electron chi connectivity index (χ2n) is 6.21. The second-order valence-corrected chi connectivity index (χ2v) is 6.21. The van der Waals surface area contributed by atoms with E-state index in [0.717, 1.165) is 18.5 Å². The Bertz CT molecular complexity index is 468. The number of aromatic carboxylic acids is 1. The number of pyridine rings is 1. The molecule has 0 saturated heterocycles. The Morgan fingerprint density at radius 3 is 2.35 bits per heavy atom. The molecule has 92 valence electrons. The van der Waals surface area contributed by atoms with Crippen LogP contribution in [0.25, 0.3) is 0 Å². The van der Waals surface area contributed by atoms with Gasteiger partial charge in [-0.15, -0.1) is 0 Å². The van der Waals surface area contributed by atoms with Gasteiger partial charge in [-0.1, -0.05) is 27.7 Å². The van der Waals surface area contributed by atoms with Crippen LogP contribution in [-0.4, -0.2) is 16.1 Å². The number of rotatable bonds is 2. The number of hydrogen-bond acceptors (Lipinski definition) is 2. The topological polar surface area (TPSA) is 50.2 Å². The minimum Gasteiger partial charge on any atom is -0.478 e. The van der Waals surface area contributed by atoms with Gasteiger partial charge in [0, 0.05) is 16.5 Å². The largest absolute Gasteiger partial charge is 0.478 e. The minimum atomic E-state index is -0.894. The first-order valence-electron chi connectivity index (χ1n) is 5.99. The van der Waals surface area contributed by atoms with Crippen molar-refractivity contribution in [3.63, 3.8) is 0 Å². The third-order valence-corrected chi connectivity index (χ3v) is 3.45. The molecule has 1 aliphatic carbocycles. The SMILES string of the molecule is CC(C)(C)c1nc(C2(C)CC2)ccc1C(=O)O. The fourth-order valence-corrected chi connectivity index (χ4v) is 1.98. The van der Waals surface area contributed by atoms with Gasteiger partial charge in [-0.3, -0.25) is 4.98 Å². The van der Waals surface area contributed by atoms with Gasteiger partial charge in [0.15, 0.2) is 0 Å². The molecule has 0 bridgehead atoms. The summed E-state index contributed by atoms with van der Waals surface area (Å²) in [5, 5.41) is 9.20.